The smallest absolute Gasteiger partial charge is 0.344 e. The predicted molar refractivity (Wildman–Crippen MR) is 100 cm³/mol. The minimum Gasteiger partial charge on any atom is -0.373 e. The third kappa shape index (κ3) is 4.77. The van der Waals surface area contributed by atoms with E-state index >= 15 is 0 Å². The first-order valence-electron chi connectivity index (χ1n) is 9.34. The molecule has 0 spiro atoms. The van der Waals surface area contributed by atoms with Crippen molar-refractivity contribution in [2.24, 2.45) is 5.92 Å². The average molecular weight is 374 g/mol. The summed E-state index contributed by atoms with van der Waals surface area (Å²) in [6.07, 6.45) is 2.75. The number of H-pyrrole nitrogens is 2. The molecule has 1 aliphatic heterocycles. The number of nitrogens with zero attached hydrogens (tertiary/aromatic N) is 2. The Hall–Kier alpha value is -2.61. The zero-order valence-electron chi connectivity index (χ0n) is 15.5. The lowest BCUT2D eigenvalue weighted by Crippen LogP contribution is -2.36. The van der Waals surface area contributed by atoms with Gasteiger partial charge in [-0.15, -0.1) is 0 Å². The van der Waals surface area contributed by atoms with E-state index in [0.717, 1.165) is 29.6 Å². The highest BCUT2D eigenvalue weighted by Crippen LogP contribution is 2.34. The standard InChI is InChI=1S/C19H26N4O4/c1-22(16(24)10-5-11-23-18(25)20-21-19(23)26)13-15-9-6-12-27-17(15)14-7-3-2-4-8-14/h2-4,7-8,15,17H,5-6,9-13H2,1H3,(H,20,25)(H,21,26). The van der Waals surface area contributed by atoms with Crippen molar-refractivity contribution < 1.29 is 9.53 Å². The van der Waals surface area contributed by atoms with Gasteiger partial charge >= 0.3 is 11.4 Å². The Balaban J connectivity index is 1.53. The van der Waals surface area contributed by atoms with Gasteiger partial charge in [0.2, 0.25) is 5.91 Å². The lowest BCUT2D eigenvalue weighted by atomic mass is 9.89. The van der Waals surface area contributed by atoms with E-state index in [4.69, 9.17) is 4.74 Å². The molecular weight excluding hydrogens is 348 g/mol. The summed E-state index contributed by atoms with van der Waals surface area (Å²) in [5, 5.41) is 4.47. The van der Waals surface area contributed by atoms with Crippen molar-refractivity contribution in [1.82, 2.24) is 19.7 Å². The minimum absolute atomic E-state index is 0.00666. The summed E-state index contributed by atoms with van der Waals surface area (Å²) >= 11 is 0. The van der Waals surface area contributed by atoms with Crippen molar-refractivity contribution in [3.8, 4) is 0 Å². The molecule has 1 aromatic heterocycles. The highest BCUT2D eigenvalue weighted by Gasteiger charge is 2.29. The average Bonchev–Trinajstić information content (AvgIpc) is 3.01. The zero-order chi connectivity index (χ0) is 19.2. The van der Waals surface area contributed by atoms with Crippen molar-refractivity contribution >= 4 is 5.91 Å². The monoisotopic (exact) mass is 374 g/mol. The molecule has 8 nitrogen and oxygen atoms in total. The first-order valence-corrected chi connectivity index (χ1v) is 9.34. The first kappa shape index (κ1) is 19.2. The Morgan fingerprint density at radius 3 is 2.63 bits per heavy atom. The Kier molecular flexibility index (Phi) is 6.28. The fourth-order valence-electron chi connectivity index (χ4n) is 3.61. The molecule has 2 heterocycles. The maximum absolute atomic E-state index is 12.5. The molecule has 0 bridgehead atoms. The van der Waals surface area contributed by atoms with Crippen molar-refractivity contribution in [3.05, 3.63) is 56.9 Å². The van der Waals surface area contributed by atoms with E-state index in [1.54, 1.807) is 11.9 Å². The van der Waals surface area contributed by atoms with Crippen LogP contribution in [-0.2, 0) is 16.1 Å². The van der Waals surface area contributed by atoms with Crippen LogP contribution in [0, 0.1) is 5.92 Å². The molecule has 8 heteroatoms. The molecule has 1 aromatic carbocycles. The molecule has 27 heavy (non-hydrogen) atoms. The molecule has 2 aromatic rings. The summed E-state index contributed by atoms with van der Waals surface area (Å²) in [5.74, 6) is 0.262. The Morgan fingerprint density at radius 1 is 1.22 bits per heavy atom. The topological polar surface area (TPSA) is 100 Å². The molecule has 1 saturated heterocycles. The van der Waals surface area contributed by atoms with E-state index in [9.17, 15) is 14.4 Å². The van der Waals surface area contributed by atoms with Crippen LogP contribution in [0.15, 0.2) is 39.9 Å². The molecule has 2 N–H and O–H groups in total. The third-order valence-corrected chi connectivity index (χ3v) is 5.05. The fraction of sp³-hybridized carbons (Fsp3) is 0.526. The number of hydrogen-bond acceptors (Lipinski definition) is 4. The molecule has 146 valence electrons. The van der Waals surface area contributed by atoms with Gasteiger partial charge in [0, 0.05) is 39.1 Å². The number of carbonyl (C=O) groups excluding carboxylic acids is 1. The molecule has 0 radical (unpaired) electrons. The van der Waals surface area contributed by atoms with Crippen molar-refractivity contribution in [1.29, 1.82) is 0 Å². The maximum atomic E-state index is 12.5. The van der Waals surface area contributed by atoms with Gasteiger partial charge in [0.05, 0.1) is 6.10 Å². The number of aromatic amines is 2. The first-order chi connectivity index (χ1) is 13.1. The molecule has 2 unspecified atom stereocenters. The maximum Gasteiger partial charge on any atom is 0.344 e. The molecule has 0 aliphatic carbocycles. The number of benzene rings is 1. The highest BCUT2D eigenvalue weighted by atomic mass is 16.5. The van der Waals surface area contributed by atoms with Crippen LogP contribution in [0.5, 0.6) is 0 Å². The van der Waals surface area contributed by atoms with Gasteiger partial charge in [0.1, 0.15) is 0 Å². The van der Waals surface area contributed by atoms with Gasteiger partial charge in [-0.3, -0.25) is 4.79 Å². The largest absolute Gasteiger partial charge is 0.373 e. The summed E-state index contributed by atoms with van der Waals surface area (Å²) in [4.78, 5) is 37.1. The van der Waals surface area contributed by atoms with E-state index in [1.807, 2.05) is 18.2 Å². The number of ether oxygens (including phenoxy) is 1. The SMILES string of the molecule is CN(CC1CCCOC1c1ccccc1)C(=O)CCCn1c(=O)[nH][nH]c1=O. The van der Waals surface area contributed by atoms with Gasteiger partial charge in [-0.1, -0.05) is 30.3 Å². The second kappa shape index (κ2) is 8.85. The van der Waals surface area contributed by atoms with Crippen LogP contribution in [0.3, 0.4) is 0 Å². The van der Waals surface area contributed by atoms with Crippen LogP contribution in [0.4, 0.5) is 0 Å². The van der Waals surface area contributed by atoms with Crippen LogP contribution >= 0.6 is 0 Å². The minimum atomic E-state index is -0.481. The number of amides is 1. The van der Waals surface area contributed by atoms with E-state index < -0.39 is 11.4 Å². The van der Waals surface area contributed by atoms with E-state index in [-0.39, 0.29) is 30.9 Å². The fourth-order valence-corrected chi connectivity index (χ4v) is 3.61. The van der Waals surface area contributed by atoms with Crippen LogP contribution < -0.4 is 11.4 Å². The van der Waals surface area contributed by atoms with Crippen LogP contribution in [0.1, 0.15) is 37.4 Å². The second-order valence-corrected chi connectivity index (χ2v) is 6.99. The predicted octanol–water partition coefficient (Wildman–Crippen LogP) is 1.27. The summed E-state index contributed by atoms with van der Waals surface area (Å²) in [6.45, 7) is 1.59. The number of aromatic nitrogens is 3. The summed E-state index contributed by atoms with van der Waals surface area (Å²) in [7, 11) is 1.80. The van der Waals surface area contributed by atoms with Crippen molar-refractivity contribution in [3.63, 3.8) is 0 Å². The van der Waals surface area contributed by atoms with Crippen molar-refractivity contribution in [2.45, 2.75) is 38.3 Å². The number of hydrogen-bond donors (Lipinski definition) is 2. The van der Waals surface area contributed by atoms with Crippen LogP contribution in [0.2, 0.25) is 0 Å². The van der Waals surface area contributed by atoms with E-state index in [1.165, 1.54) is 0 Å². The normalized spacial score (nSPS) is 19.7. The molecule has 2 atom stereocenters. The lowest BCUT2D eigenvalue weighted by Gasteiger charge is -2.34. The van der Waals surface area contributed by atoms with Crippen LogP contribution in [-0.4, -0.2) is 45.8 Å². The Morgan fingerprint density at radius 2 is 1.93 bits per heavy atom. The summed E-state index contributed by atoms with van der Waals surface area (Å²) < 4.78 is 7.06. The Bertz CT molecular complexity index is 827. The lowest BCUT2D eigenvalue weighted by molar-refractivity contribution is -0.132. The molecule has 3 rings (SSSR count). The van der Waals surface area contributed by atoms with Crippen molar-refractivity contribution in [2.75, 3.05) is 20.2 Å². The Labute approximate surface area is 157 Å². The summed E-state index contributed by atoms with van der Waals surface area (Å²) in [5.41, 5.74) is 0.186. The molecule has 1 aliphatic rings. The number of carbonyl (C=O) groups is 1. The number of rotatable bonds is 7. The van der Waals surface area contributed by atoms with E-state index in [2.05, 4.69) is 22.3 Å². The van der Waals surface area contributed by atoms with Gasteiger partial charge in [-0.25, -0.2) is 24.4 Å². The number of nitrogens with one attached hydrogen (secondary N) is 2. The summed E-state index contributed by atoms with van der Waals surface area (Å²) in [6, 6.07) is 10.1. The third-order valence-electron chi connectivity index (χ3n) is 5.05. The van der Waals surface area contributed by atoms with Gasteiger partial charge < -0.3 is 9.64 Å². The zero-order valence-corrected chi connectivity index (χ0v) is 15.5. The highest BCUT2D eigenvalue weighted by molar-refractivity contribution is 5.75. The molecule has 1 amide bonds. The molecular formula is C19H26N4O4. The molecule has 0 saturated carbocycles. The molecule has 1 fully saturated rings. The van der Waals surface area contributed by atoms with Gasteiger partial charge in [-0.05, 0) is 24.8 Å². The van der Waals surface area contributed by atoms with Gasteiger partial charge in [0.25, 0.3) is 0 Å². The van der Waals surface area contributed by atoms with E-state index in [0.29, 0.717) is 13.0 Å². The van der Waals surface area contributed by atoms with Crippen LogP contribution in [0.25, 0.3) is 0 Å². The second-order valence-electron chi connectivity index (χ2n) is 6.99. The quantitative estimate of drug-likeness (QED) is 0.762. The van der Waals surface area contributed by atoms with Gasteiger partial charge in [-0.2, -0.15) is 0 Å². The van der Waals surface area contributed by atoms with Gasteiger partial charge in [0.15, 0.2) is 0 Å².